The topological polar surface area (TPSA) is 109 Å². The van der Waals surface area contributed by atoms with E-state index in [2.05, 4.69) is 9.98 Å². The van der Waals surface area contributed by atoms with Crippen molar-refractivity contribution in [3.8, 4) is 0 Å². The molecule has 0 bridgehead atoms. The van der Waals surface area contributed by atoms with Gasteiger partial charge in [-0.05, 0) is 18.2 Å². The molecule has 1 unspecified atom stereocenters. The number of aromatic nitrogens is 1. The number of allylic oxidation sites excluding steroid dienone is 4. The number of hydrogen-bond acceptors (Lipinski definition) is 6. The van der Waals surface area contributed by atoms with Crippen LogP contribution in [0, 0.1) is 10.1 Å². The number of hydrogen-bond donors (Lipinski definition) is 2. The van der Waals surface area contributed by atoms with Crippen LogP contribution in [0.3, 0.4) is 0 Å². The van der Waals surface area contributed by atoms with Gasteiger partial charge in [0.25, 0.3) is 5.70 Å². The lowest BCUT2D eigenvalue weighted by Gasteiger charge is -2.11. The zero-order chi connectivity index (χ0) is 14.5. The molecule has 0 aliphatic heterocycles. The number of aliphatic hydroxyl groups is 2. The van der Waals surface area contributed by atoms with E-state index in [0.29, 0.717) is 5.69 Å². The fourth-order valence-corrected chi connectivity index (χ4v) is 1.76. The third-order valence-electron chi connectivity index (χ3n) is 2.74. The van der Waals surface area contributed by atoms with E-state index in [-0.39, 0.29) is 30.0 Å². The van der Waals surface area contributed by atoms with Gasteiger partial charge in [0.2, 0.25) is 0 Å². The Hall–Kier alpha value is -2.54. The van der Waals surface area contributed by atoms with Crippen LogP contribution in [0.25, 0.3) is 0 Å². The summed E-state index contributed by atoms with van der Waals surface area (Å²) >= 11 is 0. The molecule has 1 aromatic rings. The Morgan fingerprint density at radius 3 is 2.90 bits per heavy atom. The monoisotopic (exact) mass is 275 g/mol. The number of aliphatic imine (C=N–C) groups is 1. The van der Waals surface area contributed by atoms with Crippen LogP contribution in [0.4, 0.5) is 0 Å². The molecule has 0 saturated carbocycles. The van der Waals surface area contributed by atoms with Crippen molar-refractivity contribution in [1.82, 2.24) is 4.98 Å². The molecule has 0 aromatic carbocycles. The average molecular weight is 275 g/mol. The molecular weight excluding hydrogens is 262 g/mol. The first kappa shape index (κ1) is 13.9. The fraction of sp³-hybridized carbons (Fsp3) is 0.231. The molecule has 20 heavy (non-hydrogen) atoms. The maximum absolute atomic E-state index is 10.7. The predicted molar refractivity (Wildman–Crippen MR) is 71.8 cm³/mol. The van der Waals surface area contributed by atoms with E-state index < -0.39 is 11.2 Å². The van der Waals surface area contributed by atoms with E-state index in [9.17, 15) is 20.3 Å². The van der Waals surface area contributed by atoms with Crippen LogP contribution < -0.4 is 0 Å². The van der Waals surface area contributed by atoms with Crippen LogP contribution in [0.15, 0.2) is 53.0 Å². The highest BCUT2D eigenvalue weighted by atomic mass is 16.6. The van der Waals surface area contributed by atoms with Crippen molar-refractivity contribution >= 4 is 5.71 Å². The molecule has 0 spiro atoms. The normalized spacial score (nSPS) is 18.4. The highest BCUT2D eigenvalue weighted by Gasteiger charge is 2.22. The molecule has 0 saturated heterocycles. The maximum atomic E-state index is 10.7. The van der Waals surface area contributed by atoms with Crippen molar-refractivity contribution in [3.63, 3.8) is 0 Å². The van der Waals surface area contributed by atoms with Gasteiger partial charge in [-0.1, -0.05) is 6.07 Å². The molecule has 1 aliphatic rings. The number of pyridine rings is 1. The summed E-state index contributed by atoms with van der Waals surface area (Å²) in [6, 6.07) is 5.28. The van der Waals surface area contributed by atoms with Gasteiger partial charge >= 0.3 is 0 Å². The first-order chi connectivity index (χ1) is 9.56. The number of rotatable bonds is 4. The van der Waals surface area contributed by atoms with Gasteiger partial charge in [-0.2, -0.15) is 0 Å². The second kappa shape index (κ2) is 6.07. The molecule has 0 amide bonds. The predicted octanol–water partition coefficient (Wildman–Crippen LogP) is 1.39. The zero-order valence-corrected chi connectivity index (χ0v) is 10.5. The summed E-state index contributed by atoms with van der Waals surface area (Å²) in [6.07, 6.45) is 2.97. The van der Waals surface area contributed by atoms with Gasteiger partial charge in [-0.15, -0.1) is 0 Å². The summed E-state index contributed by atoms with van der Waals surface area (Å²) in [4.78, 5) is 18.1. The minimum absolute atomic E-state index is 0.0772. The Morgan fingerprint density at radius 2 is 2.25 bits per heavy atom. The second-order valence-corrected chi connectivity index (χ2v) is 4.23. The highest BCUT2D eigenvalue weighted by molar-refractivity contribution is 6.00. The van der Waals surface area contributed by atoms with Gasteiger partial charge in [0.05, 0.1) is 17.1 Å². The number of aliphatic hydroxyl groups excluding tert-OH is 2. The van der Waals surface area contributed by atoms with E-state index in [0.717, 1.165) is 0 Å². The number of nitro groups is 1. The average Bonchev–Trinajstić information content (AvgIpc) is 2.42. The van der Waals surface area contributed by atoms with Crippen LogP contribution in [0.2, 0.25) is 0 Å². The molecule has 2 N–H and O–H groups in total. The fourth-order valence-electron chi connectivity index (χ4n) is 1.76. The number of nitrogens with zero attached hydrogens (tertiary/aromatic N) is 3. The van der Waals surface area contributed by atoms with Crippen LogP contribution in [-0.2, 0) is 6.42 Å². The first-order valence-electron chi connectivity index (χ1n) is 5.95. The van der Waals surface area contributed by atoms with Crippen LogP contribution >= 0.6 is 0 Å². The lowest BCUT2D eigenvalue weighted by molar-refractivity contribution is -0.426. The maximum Gasteiger partial charge on any atom is 0.252 e. The van der Waals surface area contributed by atoms with E-state index >= 15 is 0 Å². The highest BCUT2D eigenvalue weighted by Crippen LogP contribution is 2.16. The molecule has 1 aromatic heterocycles. The molecule has 2 rings (SSSR count). The molecule has 1 aliphatic carbocycles. The molecular formula is C13H13N3O4. The summed E-state index contributed by atoms with van der Waals surface area (Å²) in [5, 5.41) is 30.1. The van der Waals surface area contributed by atoms with Crippen molar-refractivity contribution in [3.05, 3.63) is 63.8 Å². The second-order valence-electron chi connectivity index (χ2n) is 4.23. The lowest BCUT2D eigenvalue weighted by Crippen LogP contribution is -2.17. The lowest BCUT2D eigenvalue weighted by atomic mass is 10.1. The quantitative estimate of drug-likeness (QED) is 0.637. The van der Waals surface area contributed by atoms with Crippen LogP contribution in [0.1, 0.15) is 12.1 Å². The molecule has 7 heteroatoms. The SMILES string of the molecule is O=[N+]([O-])C1=CC=C(O)C(=NC(O)Cc2ccccn2)C1. The van der Waals surface area contributed by atoms with Crippen LogP contribution in [-0.4, -0.2) is 32.1 Å². The van der Waals surface area contributed by atoms with Gasteiger partial charge in [0.1, 0.15) is 5.76 Å². The smallest absolute Gasteiger partial charge is 0.252 e. The Kier molecular flexibility index (Phi) is 4.21. The molecule has 1 atom stereocenters. The summed E-state index contributed by atoms with van der Waals surface area (Å²) < 4.78 is 0. The van der Waals surface area contributed by atoms with E-state index in [4.69, 9.17) is 0 Å². The summed E-state index contributed by atoms with van der Waals surface area (Å²) in [5.41, 5.74) is 0.669. The third-order valence-corrected chi connectivity index (χ3v) is 2.74. The first-order valence-corrected chi connectivity index (χ1v) is 5.95. The Labute approximate surface area is 114 Å². The van der Waals surface area contributed by atoms with Gasteiger partial charge in [0, 0.05) is 24.4 Å². The standard InChI is InChI=1S/C13H13N3O4/c17-12-5-4-10(16(19)20)8-11(12)15-13(18)7-9-3-1-2-6-14-9/h1-6,13,17-18H,7-8H2. The van der Waals surface area contributed by atoms with Crippen molar-refractivity contribution in [2.24, 2.45) is 4.99 Å². The van der Waals surface area contributed by atoms with Crippen LogP contribution in [0.5, 0.6) is 0 Å². The summed E-state index contributed by atoms with van der Waals surface area (Å²) in [6.45, 7) is 0. The van der Waals surface area contributed by atoms with Crippen molar-refractivity contribution in [1.29, 1.82) is 0 Å². The van der Waals surface area contributed by atoms with E-state index in [1.807, 2.05) is 0 Å². The molecule has 0 fully saturated rings. The minimum Gasteiger partial charge on any atom is -0.506 e. The van der Waals surface area contributed by atoms with Gasteiger partial charge < -0.3 is 10.2 Å². The van der Waals surface area contributed by atoms with Gasteiger partial charge in [-0.25, -0.2) is 0 Å². The van der Waals surface area contributed by atoms with Crippen molar-refractivity contribution < 1.29 is 15.1 Å². The Balaban J connectivity index is 2.09. The molecule has 0 radical (unpaired) electrons. The Morgan fingerprint density at radius 1 is 1.45 bits per heavy atom. The van der Waals surface area contributed by atoms with E-state index in [1.54, 1.807) is 24.4 Å². The third kappa shape index (κ3) is 3.48. The summed E-state index contributed by atoms with van der Waals surface area (Å²) in [5.74, 6) is -0.171. The largest absolute Gasteiger partial charge is 0.506 e. The minimum atomic E-state index is -1.11. The van der Waals surface area contributed by atoms with Crippen molar-refractivity contribution in [2.75, 3.05) is 0 Å². The summed E-state index contributed by atoms with van der Waals surface area (Å²) in [7, 11) is 0. The molecule has 7 nitrogen and oxygen atoms in total. The van der Waals surface area contributed by atoms with Gasteiger partial charge in [-0.3, -0.25) is 20.1 Å². The molecule has 1 heterocycles. The van der Waals surface area contributed by atoms with Gasteiger partial charge in [0.15, 0.2) is 6.23 Å². The van der Waals surface area contributed by atoms with E-state index in [1.165, 1.54) is 12.2 Å². The molecule has 104 valence electrons. The zero-order valence-electron chi connectivity index (χ0n) is 10.5. The van der Waals surface area contributed by atoms with Crippen molar-refractivity contribution in [2.45, 2.75) is 19.1 Å². The Bertz CT molecular complexity index is 593.